The van der Waals surface area contributed by atoms with E-state index in [0.717, 1.165) is 60.7 Å². The van der Waals surface area contributed by atoms with Crippen molar-refractivity contribution in [3.8, 4) is 22.6 Å². The number of carboxylic acid groups (broad SMARTS) is 1. The first-order chi connectivity index (χ1) is 52.8. The van der Waals surface area contributed by atoms with Gasteiger partial charge in [-0.1, -0.05) is 79.7 Å². The molecule has 14 N–H and O–H groups in total. The maximum Gasteiger partial charge on any atom is 0.305 e. The summed E-state index contributed by atoms with van der Waals surface area (Å²) in [5.74, 6) is -13.8. The lowest BCUT2D eigenvalue weighted by atomic mass is 9.76. The van der Waals surface area contributed by atoms with Gasteiger partial charge in [0.05, 0.1) is 74.7 Å². The Morgan fingerprint density at radius 2 is 1.32 bits per heavy atom. The number of carbonyl (C=O) groups is 12. The number of nitrogens with two attached hydrogens (primary N) is 1. The Kier molecular flexibility index (Phi) is 34.9. The lowest BCUT2D eigenvalue weighted by molar-refractivity contribution is -0.143. The third kappa shape index (κ3) is 27.6. The van der Waals surface area contributed by atoms with Crippen molar-refractivity contribution >= 4 is 70.3 Å². The van der Waals surface area contributed by atoms with Gasteiger partial charge in [-0.15, -0.1) is 10.2 Å². The predicted octanol–water partition coefficient (Wildman–Crippen LogP) is 3.56. The topological polar surface area (TPSA) is 486 Å². The highest BCUT2D eigenvalue weighted by Gasteiger charge is 2.44. The number of aliphatic carboxylic acids is 1. The summed E-state index contributed by atoms with van der Waals surface area (Å²) in [5.41, 5.74) is 6.68. The molecule has 0 aliphatic heterocycles. The van der Waals surface area contributed by atoms with Gasteiger partial charge in [-0.05, 0) is 156 Å². The third-order valence-corrected chi connectivity index (χ3v) is 19.3. The van der Waals surface area contributed by atoms with E-state index in [1.807, 2.05) is 61.5 Å². The molecule has 0 aliphatic carbocycles. The minimum Gasteiger partial charge on any atom is -0.497 e. The predicted molar refractivity (Wildman–Crippen MR) is 403 cm³/mol. The molecule has 31 nitrogen and oxygen atoms in total. The van der Waals surface area contributed by atoms with Crippen LogP contribution >= 0.6 is 0 Å². The fraction of sp³-hybridized carbons (Fsp3) is 0.494. The summed E-state index contributed by atoms with van der Waals surface area (Å²) in [6.45, 7) is 9.56. The number of carbonyl (C=O) groups excluding carboxylic acids is 11. The number of ketones is 5. The molecule has 32 heteroatoms. The number of benzene rings is 4. The molecule has 0 aliphatic rings. The number of H-pyrrole nitrogens is 2. The Labute approximate surface area is 643 Å². The normalized spacial score (nSPS) is 14.4. The maximum atomic E-state index is 15.6. The highest BCUT2D eigenvalue weighted by atomic mass is 19.1. The van der Waals surface area contributed by atoms with Crippen molar-refractivity contribution in [1.82, 2.24) is 62.5 Å². The number of imidazole rings is 1. The van der Waals surface area contributed by atoms with E-state index in [9.17, 15) is 78.0 Å². The number of Topliss-reactive ketones (excluding diaryl/α,β-unsaturated/α-hetero) is 5. The van der Waals surface area contributed by atoms with Crippen LogP contribution in [0.4, 0.5) is 4.39 Å². The van der Waals surface area contributed by atoms with Gasteiger partial charge >= 0.3 is 5.97 Å². The number of ether oxygens (including phenoxy) is 2. The number of tetrazole rings is 1. The summed E-state index contributed by atoms with van der Waals surface area (Å²) in [6.07, 6.45) is -2.36. The Hall–Kier alpha value is -10.8. The number of unbranched alkanes of at least 4 members (excludes halogenated alkanes) is 1. The summed E-state index contributed by atoms with van der Waals surface area (Å²) in [5, 5.41) is 71.6. The van der Waals surface area contributed by atoms with Crippen LogP contribution in [0.1, 0.15) is 146 Å². The monoisotopic (exact) mass is 1540 g/mol. The fourth-order valence-corrected chi connectivity index (χ4v) is 12.5. The first-order valence-electron chi connectivity index (χ1n) is 37.0. The Bertz CT molecular complexity index is 4120. The summed E-state index contributed by atoms with van der Waals surface area (Å²) in [6, 6.07) is 17.5. The number of hydrogen-bond donors (Lipinski definition) is 13. The van der Waals surface area contributed by atoms with Gasteiger partial charge in [0.25, 0.3) is 0 Å². The molecular weight excluding hydrogens is 1440 g/mol. The summed E-state index contributed by atoms with van der Waals surface area (Å²) >= 11 is 0. The molecule has 6 rings (SSSR count). The van der Waals surface area contributed by atoms with Crippen LogP contribution in [0.3, 0.4) is 0 Å². The number of nitrogens with one attached hydrogen (secondary N) is 8. The Morgan fingerprint density at radius 1 is 0.667 bits per heavy atom. The standard InChI is InChI=1S/C79H104FN13O18/c1-9-51-36-58(110-8)27-28-59(51)52-23-19-50(20-24-52)35-54(73(105)85-61(46(2)95)18-14-15-49-21-25-57(26-22-49)111-34-13-12-32-81)37-65(99)63(40-70(103)104)86-74(106)55(44-94)38-66(100)71(47(3)96)89-77(109)79(7,41-53-16-10-11-17-60(53)80)42-67(101)72(48(4)97)88-69(102)30-29-64(98)62(39-68-90-92-93-91-68)87-76(108)78(5,6)75(107)83-33-31-56-43-82-45-84-56/h10-11,16-17,19-28,36,43,45,47-48,54-55,61-63,71-72,94,96-97H,9,12-15,18,29-35,37-42,44,81H2,1-8H3,(H,82,84)(H,83,107)(H,85,105)(H,86,106)(H,87,108)(H,88,102)(H,89,109)(H,103,104)(H,90,91,92,93)/t47-,48-,54-,55+,61+,62+,63+,71+,72+,79-/m1/s1. The van der Waals surface area contributed by atoms with E-state index in [2.05, 4.69) is 62.5 Å². The second-order valence-electron chi connectivity index (χ2n) is 28.6. The van der Waals surface area contributed by atoms with E-state index in [4.69, 9.17) is 15.2 Å². The number of methoxy groups -OCH3 is 1. The number of nitrogens with zero attached hydrogens (tertiary/aromatic N) is 4. The van der Waals surface area contributed by atoms with Crippen molar-refractivity contribution in [2.24, 2.45) is 28.4 Å². The van der Waals surface area contributed by atoms with Gasteiger partial charge in [0.1, 0.15) is 34.8 Å². The number of aliphatic hydroxyl groups is 3. The summed E-state index contributed by atoms with van der Waals surface area (Å²) < 4.78 is 26.8. The van der Waals surface area contributed by atoms with E-state index in [-0.39, 0.29) is 43.0 Å². The molecular formula is C79H104FN13O18. The number of amides is 6. The number of aliphatic hydroxyl groups excluding tert-OH is 3. The fourth-order valence-electron chi connectivity index (χ4n) is 12.5. The number of rotatable bonds is 50. The van der Waals surface area contributed by atoms with Crippen LogP contribution in [0.2, 0.25) is 0 Å². The van der Waals surface area contributed by atoms with Crippen LogP contribution in [0, 0.1) is 28.5 Å². The van der Waals surface area contributed by atoms with Crippen molar-refractivity contribution in [2.75, 3.05) is 33.4 Å². The molecule has 0 saturated heterocycles. The molecule has 10 atom stereocenters. The molecule has 0 bridgehead atoms. The average Bonchev–Trinajstić information content (AvgIpc) is 0.888. The third-order valence-electron chi connectivity index (χ3n) is 19.3. The zero-order chi connectivity index (χ0) is 81.5. The molecule has 6 amide bonds. The van der Waals surface area contributed by atoms with Gasteiger partial charge in [-0.3, -0.25) is 57.5 Å². The largest absolute Gasteiger partial charge is 0.497 e. The molecule has 6 aromatic rings. The van der Waals surface area contributed by atoms with Crippen molar-refractivity contribution in [1.29, 1.82) is 0 Å². The molecule has 2 heterocycles. The summed E-state index contributed by atoms with van der Waals surface area (Å²) in [4.78, 5) is 174. The zero-order valence-corrected chi connectivity index (χ0v) is 63.9. The van der Waals surface area contributed by atoms with Crippen LogP contribution < -0.4 is 47.1 Å². The van der Waals surface area contributed by atoms with Crippen molar-refractivity contribution in [3.05, 3.63) is 143 Å². The number of aryl methyl sites for hydroxylation is 2. The van der Waals surface area contributed by atoms with E-state index < -0.39 is 187 Å². The van der Waals surface area contributed by atoms with Crippen LogP contribution in [-0.2, 0) is 96.1 Å². The second-order valence-corrected chi connectivity index (χ2v) is 28.6. The minimum atomic E-state index is -2.10. The van der Waals surface area contributed by atoms with Gasteiger partial charge in [-0.2, -0.15) is 5.21 Å². The lowest BCUT2D eigenvalue weighted by Gasteiger charge is -2.33. The van der Waals surface area contributed by atoms with E-state index in [1.54, 1.807) is 25.4 Å². The molecule has 0 saturated carbocycles. The maximum absolute atomic E-state index is 15.6. The van der Waals surface area contributed by atoms with Gasteiger partial charge in [0.15, 0.2) is 34.7 Å². The quantitative estimate of drug-likeness (QED) is 0.0192. The molecule has 0 spiro atoms. The Balaban J connectivity index is 1.16. The second kappa shape index (κ2) is 43.5. The van der Waals surface area contributed by atoms with Crippen molar-refractivity contribution in [2.45, 2.75) is 194 Å². The van der Waals surface area contributed by atoms with E-state index in [0.29, 0.717) is 55.9 Å². The number of aromatic nitrogens is 6. The Morgan fingerprint density at radius 3 is 1.94 bits per heavy atom. The van der Waals surface area contributed by atoms with Crippen LogP contribution in [-0.4, -0.2) is 197 Å². The molecule has 600 valence electrons. The van der Waals surface area contributed by atoms with Gasteiger partial charge in [0, 0.05) is 69.3 Å². The first kappa shape index (κ1) is 89.1. The van der Waals surface area contributed by atoms with E-state index >= 15 is 4.39 Å². The number of hydrogen-bond acceptors (Lipinski definition) is 22. The lowest BCUT2D eigenvalue weighted by Crippen LogP contribution is -2.55. The van der Waals surface area contributed by atoms with Crippen LogP contribution in [0.5, 0.6) is 11.5 Å². The van der Waals surface area contributed by atoms with Crippen molar-refractivity contribution in [3.63, 3.8) is 0 Å². The molecule has 111 heavy (non-hydrogen) atoms. The van der Waals surface area contributed by atoms with Crippen LogP contribution in [0.15, 0.2) is 104 Å². The van der Waals surface area contributed by atoms with Crippen molar-refractivity contribution < 1.29 is 91.8 Å². The minimum absolute atomic E-state index is 0.0106. The molecule has 2 aromatic heterocycles. The smallest absolute Gasteiger partial charge is 0.305 e. The number of carboxylic acids is 1. The van der Waals surface area contributed by atoms with Crippen LogP contribution in [0.25, 0.3) is 11.1 Å². The van der Waals surface area contributed by atoms with Gasteiger partial charge in [0.2, 0.25) is 35.4 Å². The molecule has 0 fully saturated rings. The van der Waals surface area contributed by atoms with Gasteiger partial charge in [-0.25, -0.2) is 9.37 Å². The molecule has 0 radical (unpaired) electrons. The number of aromatic amines is 2. The van der Waals surface area contributed by atoms with Gasteiger partial charge < -0.3 is 72.5 Å². The first-order valence-corrected chi connectivity index (χ1v) is 37.0. The van der Waals surface area contributed by atoms with E-state index in [1.165, 1.54) is 52.2 Å². The highest BCUT2D eigenvalue weighted by molar-refractivity contribution is 6.06. The molecule has 4 aromatic carbocycles. The number of halogens is 1. The highest BCUT2D eigenvalue weighted by Crippen LogP contribution is 2.33. The average molecular weight is 1540 g/mol. The molecule has 0 unspecified atom stereocenters. The zero-order valence-electron chi connectivity index (χ0n) is 63.9. The summed E-state index contributed by atoms with van der Waals surface area (Å²) in [7, 11) is 1.57. The SMILES string of the molecule is CCc1cc(OC)ccc1-c1ccc(C[C@H](CC(=O)[C@H](CC(=O)O)NC(=O)[C@H](CO)CC(=O)[C@@H](NC(=O)[C@@](C)(CC(=O)[C@@H](NC(=O)CCC(=O)[C@H](Cc2nn[nH]n2)NC(=O)C(C)(C)C(=O)NCCc2cnc[nH]2)[C@@H](C)O)Cc2ccccc2F)[C@@H](C)O)C(=O)N[C@@H](CCCc2ccc(OCCCCN)cc2)C(C)=O)cc1.